The van der Waals surface area contributed by atoms with Gasteiger partial charge in [0.1, 0.15) is 0 Å². The van der Waals surface area contributed by atoms with E-state index >= 15 is 0 Å². The average molecular weight is 363 g/mol. The highest BCUT2D eigenvalue weighted by atomic mass is 16.5. The summed E-state index contributed by atoms with van der Waals surface area (Å²) in [5, 5.41) is 10.0. The highest BCUT2D eigenvalue weighted by Gasteiger charge is 2.11. The van der Waals surface area contributed by atoms with Crippen molar-refractivity contribution < 1.29 is 14.6 Å². The minimum absolute atomic E-state index is 0.308. The molecule has 0 bridgehead atoms. The minimum Gasteiger partial charge on any atom is -0.481 e. The second-order valence-electron chi connectivity index (χ2n) is 6.97. The standard InChI is InChI=1S/C23H25NO3/c1-16-10-12-18(13-11-16)20-15-22(24-21-9-4-3-8-19(20)21)27-14-6-5-7-17(2)23(25)26/h3-4,8-13,15,17H,5-7,14H2,1-2H3,(H,25,26). The maximum atomic E-state index is 10.9. The van der Waals surface area contributed by atoms with Gasteiger partial charge in [0.15, 0.2) is 0 Å². The number of benzene rings is 2. The Labute approximate surface area is 159 Å². The van der Waals surface area contributed by atoms with Crippen LogP contribution in [0.15, 0.2) is 54.6 Å². The van der Waals surface area contributed by atoms with Gasteiger partial charge in [-0.05, 0) is 43.4 Å². The van der Waals surface area contributed by atoms with Gasteiger partial charge in [0.25, 0.3) is 0 Å². The monoisotopic (exact) mass is 363 g/mol. The summed E-state index contributed by atoms with van der Waals surface area (Å²) in [6.07, 6.45) is 2.30. The van der Waals surface area contributed by atoms with E-state index in [9.17, 15) is 4.79 Å². The van der Waals surface area contributed by atoms with Crippen LogP contribution >= 0.6 is 0 Å². The molecule has 4 heteroatoms. The van der Waals surface area contributed by atoms with Crippen LogP contribution in [0.3, 0.4) is 0 Å². The number of hydrogen-bond acceptors (Lipinski definition) is 3. The van der Waals surface area contributed by atoms with Crippen LogP contribution in [0.2, 0.25) is 0 Å². The van der Waals surface area contributed by atoms with Crippen LogP contribution in [0.4, 0.5) is 0 Å². The fraction of sp³-hybridized carbons (Fsp3) is 0.304. The Bertz CT molecular complexity index is 919. The predicted octanol–water partition coefficient (Wildman–Crippen LogP) is 5.48. The van der Waals surface area contributed by atoms with Crippen molar-refractivity contribution in [1.82, 2.24) is 4.98 Å². The van der Waals surface area contributed by atoms with Gasteiger partial charge in [0, 0.05) is 11.5 Å². The van der Waals surface area contributed by atoms with E-state index in [2.05, 4.69) is 42.2 Å². The van der Waals surface area contributed by atoms with Crippen LogP contribution in [0.25, 0.3) is 22.0 Å². The fourth-order valence-corrected chi connectivity index (χ4v) is 3.05. The van der Waals surface area contributed by atoms with Crippen molar-refractivity contribution in [2.45, 2.75) is 33.1 Å². The van der Waals surface area contributed by atoms with Crippen molar-refractivity contribution in [3.8, 4) is 17.0 Å². The van der Waals surface area contributed by atoms with Gasteiger partial charge in [-0.15, -0.1) is 0 Å². The molecule has 4 nitrogen and oxygen atoms in total. The van der Waals surface area contributed by atoms with Crippen LogP contribution in [0.1, 0.15) is 31.7 Å². The number of aromatic nitrogens is 1. The zero-order valence-electron chi connectivity index (χ0n) is 15.8. The molecule has 0 fully saturated rings. The van der Waals surface area contributed by atoms with Crippen LogP contribution in [-0.4, -0.2) is 22.7 Å². The Balaban J connectivity index is 1.74. The van der Waals surface area contributed by atoms with Gasteiger partial charge in [-0.3, -0.25) is 4.79 Å². The van der Waals surface area contributed by atoms with Crippen LogP contribution < -0.4 is 4.74 Å². The van der Waals surface area contributed by atoms with Crippen molar-refractivity contribution in [2.24, 2.45) is 5.92 Å². The number of para-hydroxylation sites is 1. The van der Waals surface area contributed by atoms with Crippen molar-refractivity contribution in [3.05, 3.63) is 60.2 Å². The molecule has 3 rings (SSSR count). The van der Waals surface area contributed by atoms with Crippen LogP contribution in [0, 0.1) is 12.8 Å². The number of carbonyl (C=O) groups is 1. The summed E-state index contributed by atoms with van der Waals surface area (Å²) in [5.41, 5.74) is 4.38. The van der Waals surface area contributed by atoms with E-state index in [1.54, 1.807) is 6.92 Å². The lowest BCUT2D eigenvalue weighted by Gasteiger charge is -2.12. The SMILES string of the molecule is Cc1ccc(-c2cc(OCCCCC(C)C(=O)O)nc3ccccc23)cc1. The first-order valence-electron chi connectivity index (χ1n) is 9.37. The number of carboxylic acids is 1. The number of rotatable bonds is 8. The number of pyridine rings is 1. The topological polar surface area (TPSA) is 59.4 Å². The minimum atomic E-state index is -0.741. The van der Waals surface area contributed by atoms with Gasteiger partial charge in [-0.1, -0.05) is 55.0 Å². The van der Waals surface area contributed by atoms with Crippen LogP contribution in [0.5, 0.6) is 5.88 Å². The number of aliphatic carboxylic acids is 1. The number of fused-ring (bicyclic) bond motifs is 1. The van der Waals surface area contributed by atoms with Crippen molar-refractivity contribution in [1.29, 1.82) is 0 Å². The summed E-state index contributed by atoms with van der Waals surface area (Å²) >= 11 is 0. The third-order valence-electron chi connectivity index (χ3n) is 4.76. The third-order valence-corrected chi connectivity index (χ3v) is 4.76. The molecule has 140 valence electrons. The van der Waals surface area contributed by atoms with Gasteiger partial charge in [0.05, 0.1) is 18.0 Å². The number of nitrogens with zero attached hydrogens (tertiary/aromatic N) is 1. The summed E-state index contributed by atoms with van der Waals surface area (Å²) in [6, 6.07) is 18.5. The molecule has 1 heterocycles. The van der Waals surface area contributed by atoms with E-state index < -0.39 is 5.97 Å². The van der Waals surface area contributed by atoms with Crippen LogP contribution in [-0.2, 0) is 4.79 Å². The molecule has 3 aromatic rings. The molecule has 0 amide bonds. The molecular weight excluding hydrogens is 338 g/mol. The molecule has 1 aromatic heterocycles. The van der Waals surface area contributed by atoms with Gasteiger partial charge in [-0.25, -0.2) is 4.98 Å². The zero-order valence-corrected chi connectivity index (χ0v) is 15.8. The summed E-state index contributed by atoms with van der Waals surface area (Å²) in [4.78, 5) is 15.5. The molecule has 0 spiro atoms. The van der Waals surface area contributed by atoms with E-state index in [0.717, 1.165) is 34.9 Å². The van der Waals surface area contributed by atoms with Crippen molar-refractivity contribution >= 4 is 16.9 Å². The Hall–Kier alpha value is -2.88. The summed E-state index contributed by atoms with van der Waals surface area (Å²) in [5.74, 6) is -0.442. The fourth-order valence-electron chi connectivity index (χ4n) is 3.05. The first kappa shape index (κ1) is 18.9. The second kappa shape index (κ2) is 8.67. The number of aryl methyl sites for hydroxylation is 1. The maximum Gasteiger partial charge on any atom is 0.306 e. The second-order valence-corrected chi connectivity index (χ2v) is 6.97. The molecule has 2 aromatic carbocycles. The largest absolute Gasteiger partial charge is 0.481 e. The van der Waals surface area contributed by atoms with E-state index in [1.165, 1.54) is 5.56 Å². The molecule has 0 radical (unpaired) electrons. The molecule has 27 heavy (non-hydrogen) atoms. The number of hydrogen-bond donors (Lipinski definition) is 1. The molecule has 0 saturated carbocycles. The van der Waals surface area contributed by atoms with E-state index in [1.807, 2.05) is 24.3 Å². The molecule has 1 atom stereocenters. The highest BCUT2D eigenvalue weighted by Crippen LogP contribution is 2.31. The normalized spacial score (nSPS) is 12.1. The lowest BCUT2D eigenvalue weighted by Crippen LogP contribution is -2.09. The Kier molecular flexibility index (Phi) is 6.07. The Morgan fingerprint density at radius 3 is 2.59 bits per heavy atom. The van der Waals surface area contributed by atoms with Crippen molar-refractivity contribution in [2.75, 3.05) is 6.61 Å². The van der Waals surface area contributed by atoms with E-state index in [-0.39, 0.29) is 5.92 Å². The van der Waals surface area contributed by atoms with Gasteiger partial charge in [0.2, 0.25) is 5.88 Å². The molecule has 0 aliphatic heterocycles. The predicted molar refractivity (Wildman–Crippen MR) is 108 cm³/mol. The molecule has 0 aliphatic rings. The summed E-state index contributed by atoms with van der Waals surface area (Å²) < 4.78 is 5.88. The zero-order chi connectivity index (χ0) is 19.2. The molecule has 0 saturated heterocycles. The molecule has 1 N–H and O–H groups in total. The lowest BCUT2D eigenvalue weighted by atomic mass is 10.0. The van der Waals surface area contributed by atoms with E-state index in [0.29, 0.717) is 18.9 Å². The van der Waals surface area contributed by atoms with E-state index in [4.69, 9.17) is 9.84 Å². The Morgan fingerprint density at radius 1 is 1.11 bits per heavy atom. The number of unbranched alkanes of at least 4 members (excludes halogenated alkanes) is 1. The molecular formula is C23H25NO3. The first-order valence-corrected chi connectivity index (χ1v) is 9.37. The van der Waals surface area contributed by atoms with Gasteiger partial charge < -0.3 is 9.84 Å². The Morgan fingerprint density at radius 2 is 1.85 bits per heavy atom. The lowest BCUT2D eigenvalue weighted by molar-refractivity contribution is -0.141. The smallest absolute Gasteiger partial charge is 0.306 e. The average Bonchev–Trinajstić information content (AvgIpc) is 2.67. The molecule has 1 unspecified atom stereocenters. The molecule has 0 aliphatic carbocycles. The maximum absolute atomic E-state index is 10.9. The van der Waals surface area contributed by atoms with Gasteiger partial charge >= 0.3 is 5.97 Å². The van der Waals surface area contributed by atoms with Gasteiger partial charge in [-0.2, -0.15) is 0 Å². The number of ether oxygens (including phenoxy) is 1. The quantitative estimate of drug-likeness (QED) is 0.538. The summed E-state index contributed by atoms with van der Waals surface area (Å²) in [6.45, 7) is 4.35. The highest BCUT2D eigenvalue weighted by molar-refractivity contribution is 5.95. The first-order chi connectivity index (χ1) is 13.0. The summed E-state index contributed by atoms with van der Waals surface area (Å²) in [7, 11) is 0. The third kappa shape index (κ3) is 4.85. The van der Waals surface area contributed by atoms with Crippen molar-refractivity contribution in [3.63, 3.8) is 0 Å². The number of carboxylic acid groups (broad SMARTS) is 1.